The summed E-state index contributed by atoms with van der Waals surface area (Å²) in [5.74, 6) is 0.458. The van der Waals surface area contributed by atoms with E-state index in [-0.39, 0.29) is 11.2 Å². The summed E-state index contributed by atoms with van der Waals surface area (Å²) in [4.78, 5) is 13.4. The van der Waals surface area contributed by atoms with Gasteiger partial charge in [0, 0.05) is 18.2 Å². The summed E-state index contributed by atoms with van der Waals surface area (Å²) in [5.41, 5.74) is 0.418. The van der Waals surface area contributed by atoms with Crippen LogP contribution < -0.4 is 20.6 Å². The molecule has 1 saturated heterocycles. The van der Waals surface area contributed by atoms with Gasteiger partial charge in [-0.05, 0) is 54.1 Å². The molecule has 0 aromatic heterocycles. The lowest BCUT2D eigenvalue weighted by atomic mass is 9.26. The number of hydrogen-bond acceptors (Lipinski definition) is 9. The van der Waals surface area contributed by atoms with Crippen LogP contribution in [0.1, 0.15) is 42.8 Å². The molecule has 0 bridgehead atoms. The fraction of sp³-hybridized carbons (Fsp3) is 0.231. The average molecular weight is 507 g/mol. The molecule has 4 N–H and O–H groups in total. The Labute approximate surface area is 223 Å². The van der Waals surface area contributed by atoms with Crippen LogP contribution in [0.3, 0.4) is 0 Å². The monoisotopic (exact) mass is 506 g/mol. The Hall–Kier alpha value is -3.47. The topological polar surface area (TPSA) is 127 Å². The minimum atomic E-state index is -2.22. The number of piperidine rings is 1. The summed E-state index contributed by atoms with van der Waals surface area (Å²) < 4.78 is 40.4. The fourth-order valence-electron chi connectivity index (χ4n) is 3.80. The molecule has 0 spiro atoms. The molecule has 1 heterocycles. The van der Waals surface area contributed by atoms with Crippen LogP contribution in [0.5, 0.6) is 11.5 Å². The number of rotatable bonds is 10. The second kappa shape index (κ2) is 13.2. The van der Waals surface area contributed by atoms with Crippen LogP contribution in [-0.4, -0.2) is 64.7 Å². The number of hydrogen-bond donors (Lipinski definition) is 4. The molecule has 190 valence electrons. The maximum Gasteiger partial charge on any atom is 0.489 e. The summed E-state index contributed by atoms with van der Waals surface area (Å²) in [6.07, 6.45) is 3.99. The summed E-state index contributed by atoms with van der Waals surface area (Å²) in [7, 11) is -3.91. The third-order valence-corrected chi connectivity index (χ3v) is 5.71. The van der Waals surface area contributed by atoms with Crippen LogP contribution in [0.25, 0.3) is 0 Å². The van der Waals surface area contributed by atoms with Gasteiger partial charge < -0.3 is 29.8 Å². The predicted molar refractivity (Wildman–Crippen MR) is 145 cm³/mol. The molecule has 3 aromatic carbocycles. The van der Waals surface area contributed by atoms with Crippen molar-refractivity contribution in [2.24, 2.45) is 10.3 Å². The number of nitrogens with zero attached hydrogens (tertiary/aromatic N) is 3. The molecule has 1 aliphatic rings. The largest absolute Gasteiger partial charge is 0.489 e. The third kappa shape index (κ3) is 7.75. The molecule has 1 fully saturated rings. The number of benzene rings is 3. The molecule has 11 heteroatoms. The van der Waals surface area contributed by atoms with E-state index in [0.717, 1.165) is 31.5 Å². The maximum absolute atomic E-state index is 9.61. The molecule has 0 amide bonds. The van der Waals surface area contributed by atoms with E-state index in [4.69, 9.17) is 16.5 Å². The molecule has 0 atom stereocenters. The molecule has 37 heavy (non-hydrogen) atoms. The standard InChI is InChI=1S/C26H29B2N3O6/c32-27(33)23-11-8-20(9-12-23)17-29-36-24-13-10-22(19-31-14-4-1-5-15-31)26(16-24)37-30-18-21-6-2-3-7-25(21)28(34)35/h2-3,6-13,16-18,32-35H,1,4-5,14-15,19H2/b29-17+,30-18+/i8D,9D,11D,12D,17D,27+0,28-1,29+1. The third-order valence-electron chi connectivity index (χ3n) is 5.71. The second-order valence-corrected chi connectivity index (χ2v) is 8.39. The number of oxime groups is 2. The van der Waals surface area contributed by atoms with Gasteiger partial charge in [-0.3, -0.25) is 4.90 Å². The van der Waals surface area contributed by atoms with E-state index in [1.807, 2.05) is 0 Å². The molecule has 9 nitrogen and oxygen atoms in total. The van der Waals surface area contributed by atoms with Gasteiger partial charge in [0.05, 0.1) is 19.3 Å². The highest BCUT2D eigenvalue weighted by atomic mass is 16.8. The molecule has 4 rings (SSSR count). The Morgan fingerprint density at radius 3 is 2.41 bits per heavy atom. The fourth-order valence-corrected chi connectivity index (χ4v) is 3.80. The van der Waals surface area contributed by atoms with Gasteiger partial charge in [0.25, 0.3) is 0 Å². The van der Waals surface area contributed by atoms with Crippen LogP contribution in [0.15, 0.2) is 76.9 Å². The van der Waals surface area contributed by atoms with Gasteiger partial charge in [-0.15, -0.1) is 0 Å². The summed E-state index contributed by atoms with van der Waals surface area (Å²) in [6.45, 7) is 2.44. The van der Waals surface area contributed by atoms with Crippen molar-refractivity contribution in [3.63, 3.8) is 0 Å². The van der Waals surface area contributed by atoms with Crippen LogP contribution in [0.2, 0.25) is 0 Å². The van der Waals surface area contributed by atoms with Gasteiger partial charge in [0.2, 0.25) is 0 Å². The summed E-state index contributed by atoms with van der Waals surface area (Å²) in [6, 6.07) is 8.71. The summed E-state index contributed by atoms with van der Waals surface area (Å²) >= 11 is 0. The first kappa shape index (κ1) is 20.6. The van der Waals surface area contributed by atoms with Crippen molar-refractivity contribution in [2.45, 2.75) is 25.8 Å². The number of likely N-dealkylation sites (tertiary alicyclic amines) is 1. The van der Waals surface area contributed by atoms with E-state index in [0.29, 0.717) is 17.9 Å². The first-order valence-corrected chi connectivity index (χ1v) is 11.8. The lowest BCUT2D eigenvalue weighted by Gasteiger charge is -2.26. The molecular weight excluding hydrogens is 472 g/mol. The molecule has 1 aliphatic heterocycles. The van der Waals surface area contributed by atoms with Gasteiger partial charge in [-0.25, -0.2) is 0 Å². The van der Waals surface area contributed by atoms with Crippen molar-refractivity contribution in [1.29, 1.82) is 0 Å². The van der Waals surface area contributed by atoms with Crippen molar-refractivity contribution >= 4 is 37.6 Å². The Morgan fingerprint density at radius 1 is 0.919 bits per heavy atom. The maximum atomic E-state index is 9.61. The SMILES string of the molecule is [2H]/C(=[15N]\Oc1ccc(CN2CCCCC2)c(O/N=C/c2ccccc2[10B](O)O)c1)c1c([2H])c([2H])c([11B](O)O)c([2H])c1[2H]. The lowest BCUT2D eigenvalue weighted by molar-refractivity contribution is 0.216. The van der Waals surface area contributed by atoms with E-state index in [1.165, 1.54) is 18.7 Å². The molecule has 0 saturated carbocycles. The van der Waals surface area contributed by atoms with Crippen molar-refractivity contribution < 1.29 is 36.6 Å². The first-order chi connectivity index (χ1) is 20.1. The first-order valence-electron chi connectivity index (χ1n) is 14.3. The molecule has 3 aromatic rings. The van der Waals surface area contributed by atoms with Crippen LogP contribution in [0, 0.1) is 0 Å². The molecule has 0 unspecified atom stereocenters. The predicted octanol–water partition coefficient (Wildman–Crippen LogP) is 0.858. The Bertz CT molecular complexity index is 1460. The van der Waals surface area contributed by atoms with Gasteiger partial charge in [-0.1, -0.05) is 71.2 Å². The zero-order valence-electron chi connectivity index (χ0n) is 25.0. The Kier molecular flexibility index (Phi) is 7.33. The van der Waals surface area contributed by atoms with E-state index < -0.39 is 55.6 Å². The van der Waals surface area contributed by atoms with E-state index in [2.05, 4.69) is 15.2 Å². The average Bonchev–Trinajstić information content (AvgIpc) is 2.97. The lowest BCUT2D eigenvalue weighted by Crippen LogP contribution is -2.32. The molecule has 0 radical (unpaired) electrons. The van der Waals surface area contributed by atoms with E-state index in [1.54, 1.807) is 36.4 Å². The zero-order valence-corrected chi connectivity index (χ0v) is 20.0. The van der Waals surface area contributed by atoms with Crippen molar-refractivity contribution in [3.05, 3.63) is 83.3 Å². The second-order valence-electron chi connectivity index (χ2n) is 8.39. The van der Waals surface area contributed by atoms with Crippen molar-refractivity contribution in [2.75, 3.05) is 13.1 Å². The van der Waals surface area contributed by atoms with Crippen LogP contribution in [-0.2, 0) is 6.54 Å². The molecule has 0 aliphatic carbocycles. The van der Waals surface area contributed by atoms with Crippen LogP contribution in [0.4, 0.5) is 0 Å². The van der Waals surface area contributed by atoms with Gasteiger partial charge in [0.15, 0.2) is 11.5 Å². The Morgan fingerprint density at radius 2 is 1.68 bits per heavy atom. The van der Waals surface area contributed by atoms with Gasteiger partial charge in [-0.2, -0.15) is 0 Å². The Balaban J connectivity index is 1.61. The summed E-state index contributed by atoms with van der Waals surface area (Å²) in [5, 5.41) is 45.8. The van der Waals surface area contributed by atoms with Gasteiger partial charge >= 0.3 is 14.2 Å². The van der Waals surface area contributed by atoms with Crippen molar-refractivity contribution in [1.82, 2.24) is 4.90 Å². The minimum absolute atomic E-state index is 0.135. The highest BCUT2D eigenvalue weighted by molar-refractivity contribution is 6.60. The molecular formula is C26H29B2N3O6. The highest BCUT2D eigenvalue weighted by Gasteiger charge is 2.16. The van der Waals surface area contributed by atoms with E-state index in [9.17, 15) is 20.1 Å². The normalized spacial score (nSPS) is 16.4. The van der Waals surface area contributed by atoms with Crippen LogP contribution >= 0.6 is 0 Å². The quantitative estimate of drug-likeness (QED) is 0.139. The zero-order chi connectivity index (χ0) is 30.4. The smallest absolute Gasteiger partial charge is 0.423 e. The highest BCUT2D eigenvalue weighted by Crippen LogP contribution is 2.27. The van der Waals surface area contributed by atoms with E-state index >= 15 is 0 Å². The van der Waals surface area contributed by atoms with Crippen molar-refractivity contribution in [3.8, 4) is 11.5 Å². The van der Waals surface area contributed by atoms with Gasteiger partial charge in [0.1, 0.15) is 0 Å². The minimum Gasteiger partial charge on any atom is -0.423 e.